The van der Waals surface area contributed by atoms with Crippen molar-refractivity contribution in [3.05, 3.63) is 34.9 Å². The predicted molar refractivity (Wildman–Crippen MR) is 59.6 cm³/mol. The smallest absolute Gasteiger partial charge is 0.416 e. The maximum absolute atomic E-state index is 13.4. The minimum Gasteiger partial charge on any atom is -0.465 e. The Bertz CT molecular complexity index is 605. The van der Waals surface area contributed by atoms with Crippen molar-refractivity contribution in [2.75, 3.05) is 7.11 Å². The predicted octanol–water partition coefficient (Wildman–Crippen LogP) is 3.00. The van der Waals surface area contributed by atoms with Crippen LogP contribution in [-0.4, -0.2) is 19.3 Å². The molecule has 0 aliphatic heterocycles. The lowest BCUT2D eigenvalue weighted by atomic mass is 9.90. The molecular formula is C13H9F4NO2. The molecule has 1 saturated carbocycles. The lowest BCUT2D eigenvalue weighted by molar-refractivity contribution is -0.137. The van der Waals surface area contributed by atoms with Crippen LogP contribution in [0.5, 0.6) is 0 Å². The molecule has 3 nitrogen and oxygen atoms in total. The first-order chi connectivity index (χ1) is 9.26. The van der Waals surface area contributed by atoms with Gasteiger partial charge >= 0.3 is 12.1 Å². The Hall–Kier alpha value is -2.10. The summed E-state index contributed by atoms with van der Waals surface area (Å²) in [6, 6.07) is 3.93. The number of carbonyl (C=O) groups excluding carboxylic acids is 1. The number of hydrogen-bond acceptors (Lipinski definition) is 3. The minimum absolute atomic E-state index is 0.220. The van der Waals surface area contributed by atoms with Crippen molar-refractivity contribution in [3.63, 3.8) is 0 Å². The van der Waals surface area contributed by atoms with E-state index in [4.69, 9.17) is 5.26 Å². The minimum atomic E-state index is -4.64. The number of nitrogens with zero attached hydrogens (tertiary/aromatic N) is 1. The first kappa shape index (κ1) is 14.3. The highest BCUT2D eigenvalue weighted by Crippen LogP contribution is 2.52. The van der Waals surface area contributed by atoms with Crippen LogP contribution in [0.25, 0.3) is 0 Å². The monoisotopic (exact) mass is 287 g/mol. The molecule has 0 saturated heterocycles. The van der Waals surface area contributed by atoms with Gasteiger partial charge in [-0.3, -0.25) is 0 Å². The summed E-state index contributed by atoms with van der Waals surface area (Å²) in [5.74, 6) is -0.901. The largest absolute Gasteiger partial charge is 0.465 e. The Morgan fingerprint density at radius 3 is 2.50 bits per heavy atom. The number of alkyl halides is 4. The molecule has 1 fully saturated rings. The summed E-state index contributed by atoms with van der Waals surface area (Å²) in [6.45, 7) is 0. The van der Waals surface area contributed by atoms with Crippen molar-refractivity contribution in [1.82, 2.24) is 0 Å². The van der Waals surface area contributed by atoms with Gasteiger partial charge in [-0.05, 0) is 23.8 Å². The molecule has 20 heavy (non-hydrogen) atoms. The topological polar surface area (TPSA) is 50.1 Å². The Morgan fingerprint density at radius 1 is 1.50 bits per heavy atom. The van der Waals surface area contributed by atoms with Crippen LogP contribution in [0.4, 0.5) is 17.6 Å². The Labute approximate surface area is 111 Å². The van der Waals surface area contributed by atoms with E-state index in [2.05, 4.69) is 4.74 Å². The van der Waals surface area contributed by atoms with Gasteiger partial charge in [0.1, 0.15) is 11.6 Å². The molecule has 2 rings (SSSR count). The van der Waals surface area contributed by atoms with Gasteiger partial charge in [0.05, 0.1) is 24.3 Å². The summed E-state index contributed by atoms with van der Waals surface area (Å²) >= 11 is 0. The normalized spacial score (nSPS) is 24.9. The van der Waals surface area contributed by atoms with E-state index in [0.29, 0.717) is 12.1 Å². The zero-order valence-electron chi connectivity index (χ0n) is 10.3. The fourth-order valence-electron chi connectivity index (χ4n) is 2.06. The summed E-state index contributed by atoms with van der Waals surface area (Å²) < 4.78 is 56.0. The Kier molecular flexibility index (Phi) is 3.20. The zero-order chi connectivity index (χ0) is 15.1. The molecule has 0 spiro atoms. The van der Waals surface area contributed by atoms with E-state index in [-0.39, 0.29) is 17.5 Å². The van der Waals surface area contributed by atoms with Crippen LogP contribution in [0.2, 0.25) is 0 Å². The van der Waals surface area contributed by atoms with Crippen LogP contribution >= 0.6 is 0 Å². The molecule has 2 atom stereocenters. The lowest BCUT2D eigenvalue weighted by Gasteiger charge is -2.15. The van der Waals surface area contributed by atoms with Gasteiger partial charge in [0.15, 0.2) is 0 Å². The van der Waals surface area contributed by atoms with Gasteiger partial charge in [-0.1, -0.05) is 0 Å². The molecule has 106 valence electrons. The van der Waals surface area contributed by atoms with Crippen molar-refractivity contribution in [3.8, 4) is 6.07 Å². The van der Waals surface area contributed by atoms with Gasteiger partial charge in [0.25, 0.3) is 0 Å². The van der Waals surface area contributed by atoms with E-state index in [1.165, 1.54) is 0 Å². The average Bonchev–Trinajstić information content (AvgIpc) is 3.08. The van der Waals surface area contributed by atoms with E-state index in [1.807, 2.05) is 0 Å². The SMILES string of the molecule is COC(=O)c1ccc(C(F)(F)F)cc1C1(C#N)CC1F. The molecule has 0 amide bonds. The van der Waals surface area contributed by atoms with Crippen molar-refractivity contribution in [1.29, 1.82) is 5.26 Å². The van der Waals surface area contributed by atoms with Crippen LogP contribution in [0.1, 0.15) is 27.9 Å². The average molecular weight is 287 g/mol. The van der Waals surface area contributed by atoms with Gasteiger partial charge < -0.3 is 4.74 Å². The second kappa shape index (κ2) is 4.47. The first-order valence-electron chi connectivity index (χ1n) is 5.61. The van der Waals surface area contributed by atoms with Crippen LogP contribution in [0.3, 0.4) is 0 Å². The summed E-state index contributed by atoms with van der Waals surface area (Å²) in [4.78, 5) is 11.6. The molecule has 7 heteroatoms. The number of hydrogen-bond donors (Lipinski definition) is 0. The number of carbonyl (C=O) groups is 1. The first-order valence-corrected chi connectivity index (χ1v) is 5.61. The van der Waals surface area contributed by atoms with Gasteiger partial charge in [-0.2, -0.15) is 18.4 Å². The quantitative estimate of drug-likeness (QED) is 0.620. The number of methoxy groups -OCH3 is 1. The molecule has 1 aliphatic rings. The van der Waals surface area contributed by atoms with E-state index in [9.17, 15) is 22.4 Å². The highest BCUT2D eigenvalue weighted by Gasteiger charge is 2.59. The van der Waals surface area contributed by atoms with Crippen molar-refractivity contribution < 1.29 is 27.1 Å². The number of esters is 1. The molecule has 1 aliphatic carbocycles. The van der Waals surface area contributed by atoms with Gasteiger partial charge in [0.2, 0.25) is 0 Å². The highest BCUT2D eigenvalue weighted by molar-refractivity contribution is 5.92. The third-order valence-electron chi connectivity index (χ3n) is 3.31. The van der Waals surface area contributed by atoms with Crippen LogP contribution in [0, 0.1) is 11.3 Å². The zero-order valence-corrected chi connectivity index (χ0v) is 10.3. The molecule has 1 aromatic rings. The fourth-order valence-corrected chi connectivity index (χ4v) is 2.06. The number of nitriles is 1. The van der Waals surface area contributed by atoms with E-state index in [1.54, 1.807) is 6.07 Å². The molecule has 0 bridgehead atoms. The van der Waals surface area contributed by atoms with E-state index < -0.39 is 29.3 Å². The molecular weight excluding hydrogens is 278 g/mol. The summed E-state index contributed by atoms with van der Waals surface area (Å²) in [5, 5.41) is 9.03. The van der Waals surface area contributed by atoms with E-state index >= 15 is 0 Å². The molecule has 0 heterocycles. The maximum atomic E-state index is 13.4. The third kappa shape index (κ3) is 2.11. The highest BCUT2D eigenvalue weighted by atomic mass is 19.4. The summed E-state index contributed by atoms with van der Waals surface area (Å²) in [6.07, 6.45) is -6.45. The lowest BCUT2D eigenvalue weighted by Crippen LogP contribution is -2.17. The Balaban J connectivity index is 2.62. The van der Waals surface area contributed by atoms with Crippen LogP contribution in [-0.2, 0) is 16.3 Å². The standard InChI is InChI=1S/C13H9F4NO2/c1-20-11(19)8-3-2-7(13(15,16)17)4-9(8)12(6-18)5-10(12)14/h2-4,10H,5H2,1H3. The summed E-state index contributed by atoms with van der Waals surface area (Å²) in [5.41, 5.74) is -3.21. The number of rotatable bonds is 2. The second-order valence-corrected chi connectivity index (χ2v) is 4.50. The van der Waals surface area contributed by atoms with Crippen molar-refractivity contribution in [2.24, 2.45) is 0 Å². The molecule has 2 unspecified atom stereocenters. The van der Waals surface area contributed by atoms with Gasteiger partial charge in [-0.25, -0.2) is 9.18 Å². The van der Waals surface area contributed by atoms with Crippen LogP contribution in [0.15, 0.2) is 18.2 Å². The maximum Gasteiger partial charge on any atom is 0.416 e. The van der Waals surface area contributed by atoms with Gasteiger partial charge in [0, 0.05) is 6.42 Å². The van der Waals surface area contributed by atoms with Crippen molar-refractivity contribution in [2.45, 2.75) is 24.2 Å². The fraction of sp³-hybridized carbons (Fsp3) is 0.385. The van der Waals surface area contributed by atoms with Crippen LogP contribution < -0.4 is 0 Å². The number of benzene rings is 1. The van der Waals surface area contributed by atoms with Gasteiger partial charge in [-0.15, -0.1) is 0 Å². The van der Waals surface area contributed by atoms with E-state index in [0.717, 1.165) is 13.2 Å². The second-order valence-electron chi connectivity index (χ2n) is 4.50. The summed E-state index contributed by atoms with van der Waals surface area (Å²) in [7, 11) is 1.06. The number of halogens is 4. The molecule has 0 aromatic heterocycles. The Morgan fingerprint density at radius 2 is 2.10 bits per heavy atom. The molecule has 0 radical (unpaired) electrons. The van der Waals surface area contributed by atoms with Crippen molar-refractivity contribution >= 4 is 5.97 Å². The number of ether oxygens (including phenoxy) is 1. The molecule has 0 N–H and O–H groups in total. The molecule has 1 aromatic carbocycles. The third-order valence-corrected chi connectivity index (χ3v) is 3.31.